The number of guanidine groups is 1. The van der Waals surface area contributed by atoms with Crippen molar-refractivity contribution in [3.05, 3.63) is 47.0 Å². The summed E-state index contributed by atoms with van der Waals surface area (Å²) in [5.41, 5.74) is 7.06. The zero-order chi connectivity index (χ0) is 16.9. The Morgan fingerprint density at radius 1 is 1.32 bits per heavy atom. The average Bonchev–Trinajstić information content (AvgIpc) is 2.40. The van der Waals surface area contributed by atoms with Crippen LogP contribution in [0, 0.1) is 11.7 Å². The van der Waals surface area contributed by atoms with Crippen LogP contribution in [0.3, 0.4) is 0 Å². The van der Waals surface area contributed by atoms with Crippen molar-refractivity contribution < 1.29 is 4.39 Å². The van der Waals surface area contributed by atoms with Crippen LogP contribution in [0.2, 0.25) is 5.02 Å². The van der Waals surface area contributed by atoms with Gasteiger partial charge in [0, 0.05) is 11.3 Å². The van der Waals surface area contributed by atoms with Gasteiger partial charge in [-0.3, -0.25) is 0 Å². The number of nitrogens with zero attached hydrogens (tertiary/aromatic N) is 2. The first-order chi connectivity index (χ1) is 10.2. The highest BCUT2D eigenvalue weighted by molar-refractivity contribution is 6.30. The number of halogens is 2. The molecular weight excluding hydrogens is 303 g/mol. The molecule has 1 rings (SSSR count). The third-order valence-corrected chi connectivity index (χ3v) is 3.50. The summed E-state index contributed by atoms with van der Waals surface area (Å²) in [5.74, 6) is 0.254. The maximum Gasteiger partial charge on any atom is 0.221 e. The Morgan fingerprint density at radius 2 is 1.95 bits per heavy atom. The Balaban J connectivity index is 2.80. The van der Waals surface area contributed by atoms with E-state index in [1.165, 1.54) is 6.07 Å². The van der Waals surface area contributed by atoms with Gasteiger partial charge in [-0.1, -0.05) is 44.2 Å². The first kappa shape index (κ1) is 18.2. The van der Waals surface area contributed by atoms with E-state index < -0.39 is 5.82 Å². The fourth-order valence-corrected chi connectivity index (χ4v) is 1.87. The molecule has 0 aliphatic heterocycles. The van der Waals surface area contributed by atoms with Crippen molar-refractivity contribution >= 4 is 23.3 Å². The second-order valence-corrected chi connectivity index (χ2v) is 5.74. The van der Waals surface area contributed by atoms with Crippen molar-refractivity contribution in [3.63, 3.8) is 0 Å². The number of benzene rings is 1. The zero-order valence-electron chi connectivity index (χ0n) is 13.3. The molecule has 0 radical (unpaired) electrons. The summed E-state index contributed by atoms with van der Waals surface area (Å²) in [6.45, 7) is 11.5. The molecular formula is C16H22ClFN4. The van der Waals surface area contributed by atoms with Crippen LogP contribution in [0.1, 0.15) is 39.3 Å². The molecule has 1 aromatic carbocycles. The number of nitrogens with one attached hydrogen (secondary N) is 1. The molecule has 0 bridgehead atoms. The van der Waals surface area contributed by atoms with Gasteiger partial charge in [0.05, 0.1) is 11.1 Å². The van der Waals surface area contributed by atoms with Gasteiger partial charge in [-0.25, -0.2) is 9.38 Å². The summed E-state index contributed by atoms with van der Waals surface area (Å²) < 4.78 is 13.9. The van der Waals surface area contributed by atoms with Gasteiger partial charge in [-0.2, -0.15) is 4.99 Å². The van der Waals surface area contributed by atoms with Crippen LogP contribution in [-0.2, 0) is 0 Å². The van der Waals surface area contributed by atoms with Gasteiger partial charge < -0.3 is 11.1 Å². The second-order valence-electron chi connectivity index (χ2n) is 5.33. The monoisotopic (exact) mass is 324 g/mol. The summed E-state index contributed by atoms with van der Waals surface area (Å²) in [5, 5.41) is 3.05. The van der Waals surface area contributed by atoms with Crippen molar-refractivity contribution in [3.8, 4) is 0 Å². The van der Waals surface area contributed by atoms with Gasteiger partial charge in [0.15, 0.2) is 0 Å². The Hall–Kier alpha value is -1.88. The van der Waals surface area contributed by atoms with Crippen LogP contribution >= 0.6 is 11.6 Å². The third kappa shape index (κ3) is 5.15. The van der Waals surface area contributed by atoms with Crippen molar-refractivity contribution in [2.24, 2.45) is 21.6 Å². The molecule has 3 N–H and O–H groups in total. The predicted octanol–water partition coefficient (Wildman–Crippen LogP) is 4.03. The minimum Gasteiger partial charge on any atom is -0.368 e. The molecule has 4 nitrogen and oxygen atoms in total. The lowest BCUT2D eigenvalue weighted by molar-refractivity contribution is 0.562. The lowest BCUT2D eigenvalue weighted by Gasteiger charge is -2.16. The highest BCUT2D eigenvalue weighted by Crippen LogP contribution is 2.23. The number of hydrogen-bond acceptors (Lipinski definition) is 2. The third-order valence-electron chi connectivity index (χ3n) is 3.21. The molecule has 22 heavy (non-hydrogen) atoms. The van der Waals surface area contributed by atoms with Crippen LogP contribution in [0.5, 0.6) is 0 Å². The summed E-state index contributed by atoms with van der Waals surface area (Å²) in [6.07, 6.45) is 0. The van der Waals surface area contributed by atoms with E-state index in [0.717, 1.165) is 5.71 Å². The van der Waals surface area contributed by atoms with Crippen LogP contribution in [0.4, 0.5) is 4.39 Å². The first-order valence-electron chi connectivity index (χ1n) is 7.01. The summed E-state index contributed by atoms with van der Waals surface area (Å²) >= 11 is 5.78. The van der Waals surface area contributed by atoms with E-state index >= 15 is 0 Å². The minimum absolute atomic E-state index is 0.0805. The van der Waals surface area contributed by atoms with Crippen LogP contribution in [0.15, 0.2) is 40.6 Å². The van der Waals surface area contributed by atoms with E-state index in [0.29, 0.717) is 11.4 Å². The van der Waals surface area contributed by atoms with E-state index in [-0.39, 0.29) is 22.9 Å². The fourth-order valence-electron chi connectivity index (χ4n) is 1.69. The van der Waals surface area contributed by atoms with Crippen molar-refractivity contribution in [2.75, 3.05) is 0 Å². The largest absolute Gasteiger partial charge is 0.368 e. The van der Waals surface area contributed by atoms with E-state index in [4.69, 9.17) is 17.3 Å². The predicted molar refractivity (Wildman–Crippen MR) is 91.7 cm³/mol. The van der Waals surface area contributed by atoms with Crippen LogP contribution in [-0.4, -0.2) is 11.7 Å². The zero-order valence-corrected chi connectivity index (χ0v) is 14.1. The van der Waals surface area contributed by atoms with Gasteiger partial charge in [0.25, 0.3) is 0 Å². The van der Waals surface area contributed by atoms with Gasteiger partial charge in [0.2, 0.25) is 5.96 Å². The number of hydrogen-bond donors (Lipinski definition) is 2. The van der Waals surface area contributed by atoms with E-state index in [1.807, 2.05) is 20.8 Å². The maximum atomic E-state index is 13.9. The molecule has 0 saturated heterocycles. The minimum atomic E-state index is -0.456. The van der Waals surface area contributed by atoms with Crippen LogP contribution in [0.25, 0.3) is 0 Å². The topological polar surface area (TPSA) is 62.8 Å². The standard InChI is InChI=1S/C16H22ClFN4/c1-9(2)10(3)21-16(19)22-12(5)20-11(4)13-7-6-8-14(17)15(13)18/h6-9,11,20H,5H2,1-4H3,(H2,19,22)/b21-10+. The molecule has 0 heterocycles. The molecule has 0 fully saturated rings. The lowest BCUT2D eigenvalue weighted by Crippen LogP contribution is -2.20. The fraction of sp³-hybridized carbons (Fsp3) is 0.375. The van der Waals surface area contributed by atoms with Gasteiger partial charge in [-0.05, 0) is 25.8 Å². The quantitative estimate of drug-likeness (QED) is 0.634. The van der Waals surface area contributed by atoms with E-state index in [9.17, 15) is 4.39 Å². The Kier molecular flexibility index (Phi) is 6.56. The van der Waals surface area contributed by atoms with Crippen LogP contribution < -0.4 is 11.1 Å². The normalized spacial score (nSPS) is 14.1. The molecule has 0 spiro atoms. The smallest absolute Gasteiger partial charge is 0.221 e. The van der Waals surface area contributed by atoms with Crippen molar-refractivity contribution in [2.45, 2.75) is 33.7 Å². The summed E-state index contributed by atoms with van der Waals surface area (Å²) in [7, 11) is 0. The van der Waals surface area contributed by atoms with Crippen molar-refractivity contribution in [1.82, 2.24) is 5.32 Å². The molecule has 0 amide bonds. The lowest BCUT2D eigenvalue weighted by atomic mass is 10.1. The van der Waals surface area contributed by atoms with Gasteiger partial charge in [-0.15, -0.1) is 0 Å². The van der Waals surface area contributed by atoms with E-state index in [1.54, 1.807) is 19.1 Å². The number of aliphatic imine (C=N–C) groups is 2. The highest BCUT2D eigenvalue weighted by Gasteiger charge is 2.13. The number of rotatable bonds is 5. The molecule has 0 aliphatic carbocycles. The molecule has 0 aliphatic rings. The number of nitrogens with two attached hydrogens (primary N) is 1. The molecule has 1 atom stereocenters. The molecule has 1 aromatic rings. The van der Waals surface area contributed by atoms with Crippen molar-refractivity contribution in [1.29, 1.82) is 0 Å². The maximum absolute atomic E-state index is 13.9. The first-order valence-corrected chi connectivity index (χ1v) is 7.38. The van der Waals surface area contributed by atoms with Gasteiger partial charge >= 0.3 is 0 Å². The second kappa shape index (κ2) is 7.94. The molecule has 0 aromatic heterocycles. The molecule has 1 unspecified atom stereocenters. The molecule has 120 valence electrons. The summed E-state index contributed by atoms with van der Waals surface area (Å²) in [6, 6.07) is 4.50. The molecule has 6 heteroatoms. The van der Waals surface area contributed by atoms with Gasteiger partial charge in [0.1, 0.15) is 11.6 Å². The SMILES string of the molecule is C=C(/N=C(N)\N=C(/C)C(C)C)NC(C)c1cccc(Cl)c1F. The average molecular weight is 325 g/mol. The Labute approximate surface area is 136 Å². The summed E-state index contributed by atoms with van der Waals surface area (Å²) in [4.78, 5) is 8.24. The van der Waals surface area contributed by atoms with E-state index in [2.05, 4.69) is 21.9 Å². The Morgan fingerprint density at radius 3 is 2.55 bits per heavy atom. The Bertz CT molecular complexity index is 608. The highest BCUT2D eigenvalue weighted by atomic mass is 35.5. The molecule has 0 saturated carbocycles.